The zero-order valence-electron chi connectivity index (χ0n) is 16.9. The maximum Gasteiger partial charge on any atom is 0.177 e. The summed E-state index contributed by atoms with van der Waals surface area (Å²) in [5.41, 5.74) is 2.17. The average molecular weight is 402 g/mol. The highest BCUT2D eigenvalue weighted by atomic mass is 16.7. The first-order valence-corrected chi connectivity index (χ1v) is 10.1. The van der Waals surface area contributed by atoms with E-state index in [0.29, 0.717) is 0 Å². The largest absolute Gasteiger partial charge is 0.386 e. The van der Waals surface area contributed by atoms with Crippen molar-refractivity contribution in [2.24, 2.45) is 0 Å². The van der Waals surface area contributed by atoms with E-state index in [4.69, 9.17) is 14.2 Å². The molecule has 0 aliphatic carbocycles. The fraction of sp³-hybridized carbons (Fsp3) is 0.231. The van der Waals surface area contributed by atoms with Gasteiger partial charge in [0.05, 0.1) is 6.61 Å². The number of aliphatic hydroxyl groups excluding tert-OH is 1. The van der Waals surface area contributed by atoms with Crippen molar-refractivity contribution in [1.82, 2.24) is 0 Å². The lowest BCUT2D eigenvalue weighted by Crippen LogP contribution is -2.43. The number of hydrogen-bond donors (Lipinski definition) is 1. The van der Waals surface area contributed by atoms with E-state index in [9.17, 15) is 5.11 Å². The van der Waals surface area contributed by atoms with Gasteiger partial charge in [0.1, 0.15) is 17.8 Å². The van der Waals surface area contributed by atoms with Gasteiger partial charge in [0.25, 0.3) is 0 Å². The zero-order chi connectivity index (χ0) is 20.8. The van der Waals surface area contributed by atoms with Gasteiger partial charge in [-0.2, -0.15) is 0 Å². The van der Waals surface area contributed by atoms with E-state index in [1.165, 1.54) is 0 Å². The van der Waals surface area contributed by atoms with Crippen LogP contribution in [-0.4, -0.2) is 37.3 Å². The Hall–Kier alpha value is -2.76. The van der Waals surface area contributed by atoms with Crippen LogP contribution in [-0.2, 0) is 19.8 Å². The van der Waals surface area contributed by atoms with E-state index < -0.39 is 24.1 Å². The van der Waals surface area contributed by atoms with E-state index in [1.54, 1.807) is 19.3 Å². The summed E-state index contributed by atoms with van der Waals surface area (Å²) in [6, 6.07) is 30.4. The molecule has 0 saturated carbocycles. The minimum Gasteiger partial charge on any atom is -0.386 e. The molecule has 154 valence electrons. The summed E-state index contributed by atoms with van der Waals surface area (Å²) >= 11 is 0. The molecule has 4 rings (SSSR count). The molecule has 1 N–H and O–H groups in total. The summed E-state index contributed by atoms with van der Waals surface area (Å²) in [6.07, 6.45) is 1.59. The third-order valence-corrected chi connectivity index (χ3v) is 5.39. The SMILES string of the molecule is CO[C@@H]1C=C[C@@H](O)[C@@H](COC(c2ccccc2)(c2ccccc2)c2ccccc2)O1. The topological polar surface area (TPSA) is 47.9 Å². The van der Waals surface area contributed by atoms with Crippen molar-refractivity contribution < 1.29 is 19.3 Å². The van der Waals surface area contributed by atoms with Crippen molar-refractivity contribution >= 4 is 0 Å². The second-order valence-electron chi connectivity index (χ2n) is 7.24. The summed E-state index contributed by atoms with van der Waals surface area (Å²) < 4.78 is 17.9. The van der Waals surface area contributed by atoms with Crippen LogP contribution in [0.3, 0.4) is 0 Å². The van der Waals surface area contributed by atoms with E-state index in [-0.39, 0.29) is 6.61 Å². The molecule has 0 fully saturated rings. The summed E-state index contributed by atoms with van der Waals surface area (Å²) in [5.74, 6) is 0. The molecule has 0 bridgehead atoms. The van der Waals surface area contributed by atoms with Gasteiger partial charge in [-0.25, -0.2) is 0 Å². The molecule has 0 saturated heterocycles. The van der Waals surface area contributed by atoms with Crippen LogP contribution >= 0.6 is 0 Å². The molecule has 0 unspecified atom stereocenters. The van der Waals surface area contributed by atoms with Crippen LogP contribution < -0.4 is 0 Å². The highest BCUT2D eigenvalue weighted by Crippen LogP contribution is 2.40. The van der Waals surface area contributed by atoms with Gasteiger partial charge < -0.3 is 19.3 Å². The van der Waals surface area contributed by atoms with E-state index >= 15 is 0 Å². The predicted molar refractivity (Wildman–Crippen MR) is 116 cm³/mol. The van der Waals surface area contributed by atoms with Crippen LogP contribution in [0.15, 0.2) is 103 Å². The molecule has 3 aromatic rings. The third-order valence-electron chi connectivity index (χ3n) is 5.39. The van der Waals surface area contributed by atoms with E-state index in [1.807, 2.05) is 54.6 Å². The van der Waals surface area contributed by atoms with Gasteiger partial charge in [0, 0.05) is 7.11 Å². The van der Waals surface area contributed by atoms with Crippen LogP contribution in [0, 0.1) is 0 Å². The molecule has 3 atom stereocenters. The number of rotatable bonds is 7. The van der Waals surface area contributed by atoms with E-state index in [2.05, 4.69) is 36.4 Å². The Morgan fingerprint density at radius 1 is 0.767 bits per heavy atom. The van der Waals surface area contributed by atoms with Gasteiger partial charge in [-0.1, -0.05) is 97.1 Å². The van der Waals surface area contributed by atoms with Crippen LogP contribution in [0.25, 0.3) is 0 Å². The Kier molecular flexibility index (Phi) is 6.41. The molecule has 4 nitrogen and oxygen atoms in total. The molecule has 30 heavy (non-hydrogen) atoms. The maximum atomic E-state index is 10.4. The number of ether oxygens (including phenoxy) is 3. The van der Waals surface area contributed by atoms with Crippen molar-refractivity contribution in [3.63, 3.8) is 0 Å². The van der Waals surface area contributed by atoms with Crippen molar-refractivity contribution in [3.8, 4) is 0 Å². The van der Waals surface area contributed by atoms with Gasteiger partial charge in [-0.15, -0.1) is 0 Å². The minimum absolute atomic E-state index is 0.185. The van der Waals surface area contributed by atoms with Gasteiger partial charge in [0.15, 0.2) is 6.29 Å². The van der Waals surface area contributed by atoms with Crippen LogP contribution in [0.1, 0.15) is 16.7 Å². The third kappa shape index (κ3) is 4.09. The first-order valence-electron chi connectivity index (χ1n) is 10.1. The fourth-order valence-electron chi connectivity index (χ4n) is 3.87. The second kappa shape index (κ2) is 9.37. The standard InChI is InChI=1S/C26H26O4/c1-28-25-18-17-23(27)24(30-25)19-29-26(20-11-5-2-6-12-20,21-13-7-3-8-14-21)22-15-9-4-10-16-22/h2-18,23-25,27H,19H2,1H3/t23-,24-,25+/m1/s1. The highest BCUT2D eigenvalue weighted by Gasteiger charge is 2.39. The van der Waals surface area contributed by atoms with Crippen molar-refractivity contribution in [1.29, 1.82) is 0 Å². The number of hydrogen-bond acceptors (Lipinski definition) is 4. The normalized spacial score (nSPS) is 21.5. The lowest BCUT2D eigenvalue weighted by molar-refractivity contribution is -0.183. The zero-order valence-corrected chi connectivity index (χ0v) is 16.9. The molecule has 0 aromatic heterocycles. The second-order valence-corrected chi connectivity index (χ2v) is 7.24. The Morgan fingerprint density at radius 3 is 1.67 bits per heavy atom. The molecular weight excluding hydrogens is 376 g/mol. The molecule has 1 heterocycles. The Bertz CT molecular complexity index is 844. The summed E-state index contributed by atoms with van der Waals surface area (Å²) in [4.78, 5) is 0. The molecule has 0 spiro atoms. The summed E-state index contributed by atoms with van der Waals surface area (Å²) in [7, 11) is 1.58. The van der Waals surface area contributed by atoms with Crippen LogP contribution in [0.4, 0.5) is 0 Å². The molecular formula is C26H26O4. The summed E-state index contributed by atoms with van der Waals surface area (Å²) in [5, 5.41) is 10.4. The summed E-state index contributed by atoms with van der Waals surface area (Å²) in [6.45, 7) is 0.185. The number of benzene rings is 3. The van der Waals surface area contributed by atoms with Crippen molar-refractivity contribution in [2.75, 3.05) is 13.7 Å². The van der Waals surface area contributed by atoms with Gasteiger partial charge in [-0.3, -0.25) is 0 Å². The molecule has 4 heteroatoms. The minimum atomic E-state index is -0.851. The first kappa shape index (κ1) is 20.5. The number of aliphatic hydroxyl groups is 1. The molecule has 3 aromatic carbocycles. The van der Waals surface area contributed by atoms with Gasteiger partial charge in [-0.05, 0) is 22.8 Å². The molecule has 0 radical (unpaired) electrons. The highest BCUT2D eigenvalue weighted by molar-refractivity contribution is 5.47. The molecule has 1 aliphatic heterocycles. The van der Waals surface area contributed by atoms with Crippen LogP contribution in [0.2, 0.25) is 0 Å². The maximum absolute atomic E-state index is 10.4. The fourth-order valence-corrected chi connectivity index (χ4v) is 3.87. The lowest BCUT2D eigenvalue weighted by Gasteiger charge is -2.38. The van der Waals surface area contributed by atoms with Crippen LogP contribution in [0.5, 0.6) is 0 Å². The Morgan fingerprint density at radius 2 is 1.23 bits per heavy atom. The lowest BCUT2D eigenvalue weighted by atomic mass is 9.80. The van der Waals surface area contributed by atoms with E-state index in [0.717, 1.165) is 16.7 Å². The predicted octanol–water partition coefficient (Wildman–Crippen LogP) is 4.28. The molecule has 1 aliphatic rings. The Balaban J connectivity index is 1.78. The van der Waals surface area contributed by atoms with Crippen molar-refractivity contribution in [2.45, 2.75) is 24.1 Å². The monoisotopic (exact) mass is 402 g/mol. The first-order chi connectivity index (χ1) is 14.7. The smallest absolute Gasteiger partial charge is 0.177 e. The quantitative estimate of drug-likeness (QED) is 0.473. The molecule has 0 amide bonds. The van der Waals surface area contributed by atoms with Gasteiger partial charge >= 0.3 is 0 Å². The number of methoxy groups -OCH3 is 1. The average Bonchev–Trinajstić information content (AvgIpc) is 2.82. The van der Waals surface area contributed by atoms with Gasteiger partial charge in [0.2, 0.25) is 0 Å². The van der Waals surface area contributed by atoms with Crippen molar-refractivity contribution in [3.05, 3.63) is 120 Å². The Labute approximate surface area is 177 Å².